The van der Waals surface area contributed by atoms with Crippen LogP contribution in [0.2, 0.25) is 5.02 Å². The molecule has 0 bridgehead atoms. The van der Waals surface area contributed by atoms with Gasteiger partial charge in [-0.3, -0.25) is 9.69 Å². The number of halogens is 1. The zero-order valence-electron chi connectivity index (χ0n) is 11.9. The van der Waals surface area contributed by atoms with E-state index in [2.05, 4.69) is 5.32 Å². The first-order valence-electron chi connectivity index (χ1n) is 6.27. The molecule has 0 aliphatic carbocycles. The predicted octanol–water partition coefficient (Wildman–Crippen LogP) is 2.27. The van der Waals surface area contributed by atoms with E-state index in [4.69, 9.17) is 21.1 Å². The molecular weight excluding hydrogens is 296 g/mol. The molecule has 7 heteroatoms. The summed E-state index contributed by atoms with van der Waals surface area (Å²) >= 11 is 6.15. The smallest absolute Gasteiger partial charge is 0.328 e. The van der Waals surface area contributed by atoms with E-state index in [-0.39, 0.29) is 11.6 Å². The highest BCUT2D eigenvalue weighted by Crippen LogP contribution is 2.34. The Morgan fingerprint density at radius 2 is 1.86 bits per heavy atom. The Bertz CT molecular complexity index is 628. The Balaban J connectivity index is 2.42. The summed E-state index contributed by atoms with van der Waals surface area (Å²) in [6.45, 7) is 2.03. The number of likely N-dealkylation sites (N-methyl/N-ethyl adjacent to an activating group) is 1. The first-order chi connectivity index (χ1) is 10.0. The molecule has 1 heterocycles. The average Bonchev–Trinajstić information content (AvgIpc) is 2.74. The van der Waals surface area contributed by atoms with Gasteiger partial charge in [0.15, 0.2) is 11.5 Å². The van der Waals surface area contributed by atoms with Crippen molar-refractivity contribution in [1.29, 1.82) is 0 Å². The van der Waals surface area contributed by atoms with Crippen LogP contribution < -0.4 is 14.8 Å². The second kappa shape index (κ2) is 6.05. The topological polar surface area (TPSA) is 67.9 Å². The molecule has 21 heavy (non-hydrogen) atoms. The van der Waals surface area contributed by atoms with Gasteiger partial charge in [-0.05, 0) is 24.6 Å². The molecule has 2 rings (SSSR count). The van der Waals surface area contributed by atoms with Crippen LogP contribution in [0.3, 0.4) is 0 Å². The molecule has 1 fully saturated rings. The molecular formula is C14H15ClN2O4. The largest absolute Gasteiger partial charge is 0.493 e. The maximum atomic E-state index is 12.0. The lowest BCUT2D eigenvalue weighted by atomic mass is 10.1. The summed E-state index contributed by atoms with van der Waals surface area (Å²) < 4.78 is 10.3. The maximum absolute atomic E-state index is 12.0. The van der Waals surface area contributed by atoms with Gasteiger partial charge in [-0.2, -0.15) is 0 Å². The molecule has 1 saturated heterocycles. The predicted molar refractivity (Wildman–Crippen MR) is 78.5 cm³/mol. The standard InChI is InChI=1S/C14H15ClN2O4/c1-4-17-13(18)10(16-14(17)19)5-8-6-11(20-2)12(21-3)7-9(8)15/h5-7H,4H2,1-3H3,(H,16,19)/b10-5+. The number of ether oxygens (including phenoxy) is 2. The van der Waals surface area contributed by atoms with Crippen molar-refractivity contribution in [1.82, 2.24) is 10.2 Å². The molecule has 0 aromatic heterocycles. The molecule has 1 aromatic carbocycles. The first-order valence-corrected chi connectivity index (χ1v) is 6.65. The molecule has 0 atom stereocenters. The van der Waals surface area contributed by atoms with Gasteiger partial charge in [-0.25, -0.2) is 4.79 Å². The fraction of sp³-hybridized carbons (Fsp3) is 0.286. The lowest BCUT2D eigenvalue weighted by molar-refractivity contribution is -0.122. The summed E-state index contributed by atoms with van der Waals surface area (Å²) in [5.74, 6) is 0.591. The zero-order chi connectivity index (χ0) is 15.6. The molecule has 1 aliphatic heterocycles. The highest BCUT2D eigenvalue weighted by Gasteiger charge is 2.32. The Hall–Kier alpha value is -2.21. The molecule has 3 amide bonds. The molecule has 0 radical (unpaired) electrons. The lowest BCUT2D eigenvalue weighted by Crippen LogP contribution is -2.30. The van der Waals surface area contributed by atoms with E-state index in [0.717, 1.165) is 4.90 Å². The number of carbonyl (C=O) groups is 2. The van der Waals surface area contributed by atoms with Gasteiger partial charge in [-0.1, -0.05) is 11.6 Å². The molecule has 1 aromatic rings. The van der Waals surface area contributed by atoms with Crippen LogP contribution in [0.5, 0.6) is 11.5 Å². The van der Waals surface area contributed by atoms with Crippen LogP contribution >= 0.6 is 11.6 Å². The van der Waals surface area contributed by atoms with E-state index >= 15 is 0 Å². The van der Waals surface area contributed by atoms with E-state index in [9.17, 15) is 9.59 Å². The third kappa shape index (κ3) is 2.80. The van der Waals surface area contributed by atoms with Crippen molar-refractivity contribution in [3.63, 3.8) is 0 Å². The zero-order valence-corrected chi connectivity index (χ0v) is 12.7. The quantitative estimate of drug-likeness (QED) is 0.684. The van der Waals surface area contributed by atoms with Crippen molar-refractivity contribution in [2.45, 2.75) is 6.92 Å². The summed E-state index contributed by atoms with van der Waals surface area (Å²) in [6.07, 6.45) is 1.51. The summed E-state index contributed by atoms with van der Waals surface area (Å²) in [6, 6.07) is 2.79. The van der Waals surface area contributed by atoms with Gasteiger partial charge in [-0.15, -0.1) is 0 Å². The van der Waals surface area contributed by atoms with Gasteiger partial charge in [0.1, 0.15) is 5.70 Å². The van der Waals surface area contributed by atoms with Gasteiger partial charge in [0, 0.05) is 12.6 Å². The number of benzene rings is 1. The van der Waals surface area contributed by atoms with Gasteiger partial charge in [0.05, 0.1) is 19.2 Å². The van der Waals surface area contributed by atoms with Crippen molar-refractivity contribution >= 4 is 29.6 Å². The monoisotopic (exact) mass is 310 g/mol. The maximum Gasteiger partial charge on any atom is 0.328 e. The Kier molecular flexibility index (Phi) is 4.37. The number of nitrogens with zero attached hydrogens (tertiary/aromatic N) is 1. The number of hydrogen-bond donors (Lipinski definition) is 1. The van der Waals surface area contributed by atoms with E-state index in [1.807, 2.05) is 0 Å². The fourth-order valence-corrected chi connectivity index (χ4v) is 2.20. The van der Waals surface area contributed by atoms with E-state index in [1.165, 1.54) is 20.3 Å². The van der Waals surface area contributed by atoms with Crippen LogP contribution in [0.15, 0.2) is 17.8 Å². The van der Waals surface area contributed by atoms with Crippen molar-refractivity contribution < 1.29 is 19.1 Å². The SMILES string of the molecule is CCN1C(=O)N/C(=C/c2cc(OC)c(OC)cc2Cl)C1=O. The number of nitrogens with one attached hydrogen (secondary N) is 1. The number of imide groups is 1. The minimum absolute atomic E-state index is 0.177. The van der Waals surface area contributed by atoms with Gasteiger partial charge >= 0.3 is 6.03 Å². The number of methoxy groups -OCH3 is 2. The van der Waals surface area contributed by atoms with Crippen molar-refractivity contribution in [3.8, 4) is 11.5 Å². The van der Waals surface area contributed by atoms with Crippen LogP contribution in [0, 0.1) is 0 Å². The van der Waals surface area contributed by atoms with Crippen LogP contribution in [-0.4, -0.2) is 37.6 Å². The van der Waals surface area contributed by atoms with Crippen LogP contribution in [0.25, 0.3) is 6.08 Å². The summed E-state index contributed by atoms with van der Waals surface area (Å²) in [5.41, 5.74) is 0.729. The minimum Gasteiger partial charge on any atom is -0.493 e. The highest BCUT2D eigenvalue weighted by molar-refractivity contribution is 6.32. The first kappa shape index (κ1) is 15.2. The second-order valence-corrected chi connectivity index (χ2v) is 4.67. The Morgan fingerprint density at radius 3 is 2.38 bits per heavy atom. The number of carbonyl (C=O) groups excluding carboxylic acids is 2. The van der Waals surface area contributed by atoms with E-state index in [1.54, 1.807) is 19.1 Å². The van der Waals surface area contributed by atoms with E-state index < -0.39 is 6.03 Å². The second-order valence-electron chi connectivity index (χ2n) is 4.27. The van der Waals surface area contributed by atoms with Crippen LogP contribution in [0.1, 0.15) is 12.5 Å². The molecule has 0 unspecified atom stereocenters. The Morgan fingerprint density at radius 1 is 1.24 bits per heavy atom. The third-order valence-electron chi connectivity index (χ3n) is 3.08. The van der Waals surface area contributed by atoms with Crippen molar-refractivity contribution in [3.05, 3.63) is 28.4 Å². The molecule has 0 spiro atoms. The number of rotatable bonds is 4. The van der Waals surface area contributed by atoms with Gasteiger partial charge in [0.25, 0.3) is 5.91 Å². The van der Waals surface area contributed by atoms with Gasteiger partial charge in [0.2, 0.25) is 0 Å². The molecule has 112 valence electrons. The molecule has 1 aliphatic rings. The van der Waals surface area contributed by atoms with Crippen LogP contribution in [-0.2, 0) is 4.79 Å². The number of amides is 3. The third-order valence-corrected chi connectivity index (χ3v) is 3.41. The summed E-state index contributed by atoms with van der Waals surface area (Å²) in [7, 11) is 3.01. The highest BCUT2D eigenvalue weighted by atomic mass is 35.5. The van der Waals surface area contributed by atoms with Gasteiger partial charge < -0.3 is 14.8 Å². The van der Waals surface area contributed by atoms with Crippen LogP contribution in [0.4, 0.5) is 4.79 Å². The molecule has 0 saturated carbocycles. The number of hydrogen-bond acceptors (Lipinski definition) is 4. The fourth-order valence-electron chi connectivity index (χ4n) is 1.99. The minimum atomic E-state index is -0.439. The average molecular weight is 311 g/mol. The van der Waals surface area contributed by atoms with Crippen molar-refractivity contribution in [2.75, 3.05) is 20.8 Å². The summed E-state index contributed by atoms with van der Waals surface area (Å²) in [4.78, 5) is 24.7. The number of urea groups is 1. The molecule has 6 nitrogen and oxygen atoms in total. The Labute approximate surface area is 127 Å². The van der Waals surface area contributed by atoms with E-state index in [0.29, 0.717) is 28.6 Å². The lowest BCUT2D eigenvalue weighted by Gasteiger charge is -2.10. The molecule has 1 N–H and O–H groups in total. The van der Waals surface area contributed by atoms with Crippen molar-refractivity contribution in [2.24, 2.45) is 0 Å². The summed E-state index contributed by atoms with van der Waals surface area (Å²) in [5, 5.41) is 2.90. The normalized spacial score (nSPS) is 16.4.